The van der Waals surface area contributed by atoms with Crippen molar-refractivity contribution in [3.05, 3.63) is 11.7 Å². The first-order valence-electron chi connectivity index (χ1n) is 6.19. The number of aliphatic hydroxyl groups excluding tert-OH is 1. The third-order valence-electron chi connectivity index (χ3n) is 2.67. The van der Waals surface area contributed by atoms with Crippen LogP contribution in [0.15, 0.2) is 4.52 Å². The van der Waals surface area contributed by atoms with E-state index >= 15 is 0 Å². The van der Waals surface area contributed by atoms with E-state index in [-0.39, 0.29) is 18.4 Å². The first-order valence-corrected chi connectivity index (χ1v) is 6.19. The van der Waals surface area contributed by atoms with E-state index in [2.05, 4.69) is 10.1 Å². The van der Waals surface area contributed by atoms with Crippen LogP contribution in [0.1, 0.15) is 25.6 Å². The number of hydrogen-bond donors (Lipinski definition) is 1. The van der Waals surface area contributed by atoms with Crippen molar-refractivity contribution in [2.24, 2.45) is 5.92 Å². The molecule has 1 N–H and O–H groups in total. The molecule has 0 spiro atoms. The molecule has 7 heteroatoms. The zero-order valence-electron chi connectivity index (χ0n) is 11.8. The van der Waals surface area contributed by atoms with Crippen molar-refractivity contribution in [2.75, 3.05) is 20.8 Å². The second-order valence-corrected chi connectivity index (χ2v) is 4.73. The van der Waals surface area contributed by atoms with Crippen molar-refractivity contribution in [1.29, 1.82) is 0 Å². The fourth-order valence-corrected chi connectivity index (χ4v) is 1.44. The molecule has 1 rings (SSSR count). The maximum atomic E-state index is 11.8. The van der Waals surface area contributed by atoms with Gasteiger partial charge in [0.15, 0.2) is 5.82 Å². The Hall–Kier alpha value is -1.47. The molecule has 19 heavy (non-hydrogen) atoms. The van der Waals surface area contributed by atoms with E-state index in [1.165, 1.54) is 4.90 Å². The predicted molar refractivity (Wildman–Crippen MR) is 67.2 cm³/mol. The minimum Gasteiger partial charge on any atom is -0.384 e. The minimum absolute atomic E-state index is 0.130. The molecule has 0 radical (unpaired) electrons. The molecule has 108 valence electrons. The highest BCUT2D eigenvalue weighted by Crippen LogP contribution is 2.08. The van der Waals surface area contributed by atoms with Gasteiger partial charge >= 0.3 is 0 Å². The average Bonchev–Trinajstić information content (AvgIpc) is 2.81. The summed E-state index contributed by atoms with van der Waals surface area (Å²) in [5.74, 6) is 0.404. The molecule has 0 aliphatic heterocycles. The summed E-state index contributed by atoms with van der Waals surface area (Å²) in [4.78, 5) is 17.3. The summed E-state index contributed by atoms with van der Waals surface area (Å²) in [6.45, 7) is 4.26. The highest BCUT2D eigenvalue weighted by atomic mass is 16.5. The maximum absolute atomic E-state index is 11.8. The van der Waals surface area contributed by atoms with Gasteiger partial charge in [0.2, 0.25) is 5.89 Å². The third kappa shape index (κ3) is 4.60. The molecule has 0 aliphatic rings. The Kier molecular flexibility index (Phi) is 5.91. The van der Waals surface area contributed by atoms with Gasteiger partial charge in [0.1, 0.15) is 6.10 Å². The summed E-state index contributed by atoms with van der Waals surface area (Å²) in [6.07, 6.45) is -0.451. The molecule has 1 aromatic rings. The summed E-state index contributed by atoms with van der Waals surface area (Å²) in [6, 6.07) is 0. The fraction of sp³-hybridized carbons (Fsp3) is 0.750. The lowest BCUT2D eigenvalue weighted by Crippen LogP contribution is -2.38. The van der Waals surface area contributed by atoms with Gasteiger partial charge in [-0.2, -0.15) is 4.98 Å². The number of amides is 1. The molecule has 1 amide bonds. The lowest BCUT2D eigenvalue weighted by atomic mass is 10.1. The molecule has 0 saturated carbocycles. The van der Waals surface area contributed by atoms with Crippen molar-refractivity contribution in [2.45, 2.75) is 32.9 Å². The van der Waals surface area contributed by atoms with Gasteiger partial charge in [0.05, 0.1) is 13.2 Å². The summed E-state index contributed by atoms with van der Waals surface area (Å²) >= 11 is 0. The number of likely N-dealkylation sites (N-methyl/N-ethyl adjacent to an activating group) is 1. The Labute approximate surface area is 112 Å². The molecule has 0 fully saturated rings. The molecular weight excluding hydrogens is 250 g/mol. The molecule has 0 aromatic carbocycles. The minimum atomic E-state index is -1.01. The van der Waals surface area contributed by atoms with Gasteiger partial charge in [-0.25, -0.2) is 0 Å². The van der Waals surface area contributed by atoms with Crippen LogP contribution in [0, 0.1) is 5.92 Å². The maximum Gasteiger partial charge on any atom is 0.251 e. The van der Waals surface area contributed by atoms with Crippen molar-refractivity contribution < 1.29 is 19.2 Å². The van der Waals surface area contributed by atoms with E-state index in [0.717, 1.165) is 0 Å². The number of aliphatic hydroxyl groups is 1. The molecule has 0 unspecified atom stereocenters. The van der Waals surface area contributed by atoms with Crippen LogP contribution in [0.25, 0.3) is 0 Å². The number of carbonyl (C=O) groups excluding carboxylic acids is 1. The largest absolute Gasteiger partial charge is 0.384 e. The van der Waals surface area contributed by atoms with Crippen LogP contribution < -0.4 is 0 Å². The molecule has 0 saturated heterocycles. The normalized spacial score (nSPS) is 12.7. The molecule has 1 heterocycles. The SMILES string of the molecule is COCCc1noc(CN(C)C(=O)[C@@H](O)C(C)C)n1. The smallest absolute Gasteiger partial charge is 0.251 e. The highest BCUT2D eigenvalue weighted by molar-refractivity contribution is 5.80. The van der Waals surface area contributed by atoms with E-state index in [1.54, 1.807) is 28.0 Å². The van der Waals surface area contributed by atoms with Crippen molar-refractivity contribution in [3.8, 4) is 0 Å². The molecule has 1 aromatic heterocycles. The number of methoxy groups -OCH3 is 1. The second kappa shape index (κ2) is 7.20. The standard InChI is InChI=1S/C12H21N3O4/c1-8(2)11(16)12(17)15(3)7-10-13-9(14-19-10)5-6-18-4/h8,11,16H,5-7H2,1-4H3/t11-/m0/s1. The van der Waals surface area contributed by atoms with Crippen LogP contribution in [0.2, 0.25) is 0 Å². The van der Waals surface area contributed by atoms with Crippen LogP contribution in [-0.2, 0) is 22.5 Å². The quantitative estimate of drug-likeness (QED) is 0.764. The highest BCUT2D eigenvalue weighted by Gasteiger charge is 2.23. The van der Waals surface area contributed by atoms with E-state index in [4.69, 9.17) is 9.26 Å². The molecule has 7 nitrogen and oxygen atoms in total. The monoisotopic (exact) mass is 271 g/mol. The van der Waals surface area contributed by atoms with Gasteiger partial charge in [-0.1, -0.05) is 19.0 Å². The lowest BCUT2D eigenvalue weighted by molar-refractivity contribution is -0.141. The van der Waals surface area contributed by atoms with E-state index in [0.29, 0.717) is 24.7 Å². The Morgan fingerprint density at radius 3 is 2.79 bits per heavy atom. The van der Waals surface area contributed by atoms with Gasteiger partial charge in [0.25, 0.3) is 5.91 Å². The number of carbonyl (C=O) groups is 1. The van der Waals surface area contributed by atoms with Gasteiger partial charge < -0.3 is 19.3 Å². The molecular formula is C12H21N3O4. The fourth-order valence-electron chi connectivity index (χ4n) is 1.44. The summed E-state index contributed by atoms with van der Waals surface area (Å²) in [7, 11) is 3.19. The lowest BCUT2D eigenvalue weighted by Gasteiger charge is -2.20. The average molecular weight is 271 g/mol. The second-order valence-electron chi connectivity index (χ2n) is 4.73. The van der Waals surface area contributed by atoms with Crippen LogP contribution in [0.5, 0.6) is 0 Å². The zero-order valence-corrected chi connectivity index (χ0v) is 11.8. The van der Waals surface area contributed by atoms with Crippen LogP contribution in [0.3, 0.4) is 0 Å². The number of ether oxygens (including phenoxy) is 1. The first kappa shape index (κ1) is 15.6. The molecule has 1 atom stereocenters. The Balaban J connectivity index is 2.54. The summed E-state index contributed by atoms with van der Waals surface area (Å²) < 4.78 is 9.94. The van der Waals surface area contributed by atoms with Gasteiger partial charge in [-0.3, -0.25) is 4.79 Å². The van der Waals surface area contributed by atoms with Crippen molar-refractivity contribution in [1.82, 2.24) is 15.0 Å². The Morgan fingerprint density at radius 1 is 1.53 bits per heavy atom. The Morgan fingerprint density at radius 2 is 2.21 bits per heavy atom. The predicted octanol–water partition coefficient (Wildman–Crippen LogP) is 0.234. The number of nitrogens with zero attached hydrogens (tertiary/aromatic N) is 3. The first-order chi connectivity index (χ1) is 8.95. The van der Waals surface area contributed by atoms with Crippen LogP contribution in [0.4, 0.5) is 0 Å². The number of hydrogen-bond acceptors (Lipinski definition) is 6. The van der Waals surface area contributed by atoms with Gasteiger partial charge in [0, 0.05) is 20.6 Å². The van der Waals surface area contributed by atoms with E-state index < -0.39 is 6.10 Å². The number of aromatic nitrogens is 2. The van der Waals surface area contributed by atoms with Crippen molar-refractivity contribution in [3.63, 3.8) is 0 Å². The summed E-state index contributed by atoms with van der Waals surface area (Å²) in [5, 5.41) is 13.5. The zero-order chi connectivity index (χ0) is 14.4. The van der Waals surface area contributed by atoms with E-state index in [1.807, 2.05) is 0 Å². The number of rotatable bonds is 7. The topological polar surface area (TPSA) is 88.7 Å². The third-order valence-corrected chi connectivity index (χ3v) is 2.67. The van der Waals surface area contributed by atoms with Gasteiger partial charge in [-0.15, -0.1) is 0 Å². The Bertz CT molecular complexity index is 405. The van der Waals surface area contributed by atoms with E-state index in [9.17, 15) is 9.90 Å². The van der Waals surface area contributed by atoms with Crippen LogP contribution in [-0.4, -0.2) is 52.9 Å². The van der Waals surface area contributed by atoms with Crippen LogP contribution >= 0.6 is 0 Å². The van der Waals surface area contributed by atoms with Crippen molar-refractivity contribution >= 4 is 5.91 Å². The molecule has 0 aliphatic carbocycles. The summed E-state index contributed by atoms with van der Waals surface area (Å²) in [5.41, 5.74) is 0. The van der Waals surface area contributed by atoms with Gasteiger partial charge in [-0.05, 0) is 5.92 Å². The molecule has 0 bridgehead atoms.